The Kier molecular flexibility index (Phi) is 5.07. The van der Waals surface area contributed by atoms with E-state index >= 15 is 0 Å². The van der Waals surface area contributed by atoms with E-state index in [0.717, 1.165) is 19.3 Å². The lowest BCUT2D eigenvalue weighted by Gasteiger charge is -2.40. The van der Waals surface area contributed by atoms with E-state index in [1.165, 1.54) is 0 Å². The Morgan fingerprint density at radius 3 is 2.62 bits per heavy atom. The lowest BCUT2D eigenvalue weighted by atomic mass is 9.95. The van der Waals surface area contributed by atoms with Gasteiger partial charge in [-0.2, -0.15) is 0 Å². The Hall–Kier alpha value is -1.75. The molecule has 21 heavy (non-hydrogen) atoms. The highest BCUT2D eigenvalue weighted by Gasteiger charge is 2.31. The van der Waals surface area contributed by atoms with Crippen LogP contribution in [-0.2, 0) is 0 Å². The first-order chi connectivity index (χ1) is 10.1. The Morgan fingerprint density at radius 1 is 1.29 bits per heavy atom. The summed E-state index contributed by atoms with van der Waals surface area (Å²) >= 11 is 0. The predicted octanol–water partition coefficient (Wildman–Crippen LogP) is 2.05. The lowest BCUT2D eigenvalue weighted by molar-refractivity contribution is 0.0493. The molecule has 1 fully saturated rings. The van der Waals surface area contributed by atoms with Crippen LogP contribution >= 0.6 is 0 Å². The number of hydrogen-bond donors (Lipinski definition) is 1. The van der Waals surface area contributed by atoms with Gasteiger partial charge in [-0.25, -0.2) is 0 Å². The van der Waals surface area contributed by atoms with Gasteiger partial charge in [0.05, 0.1) is 14.2 Å². The fourth-order valence-corrected chi connectivity index (χ4v) is 3.00. The van der Waals surface area contributed by atoms with Gasteiger partial charge in [0.25, 0.3) is 5.91 Å². The summed E-state index contributed by atoms with van der Waals surface area (Å²) in [5.41, 5.74) is 6.45. The number of hydrogen-bond acceptors (Lipinski definition) is 4. The van der Waals surface area contributed by atoms with Crippen molar-refractivity contribution in [2.75, 3.05) is 20.8 Å². The van der Waals surface area contributed by atoms with Crippen LogP contribution in [0.3, 0.4) is 0 Å². The number of benzene rings is 1. The van der Waals surface area contributed by atoms with Crippen LogP contribution in [-0.4, -0.2) is 43.7 Å². The van der Waals surface area contributed by atoms with E-state index in [2.05, 4.69) is 6.92 Å². The Labute approximate surface area is 126 Å². The number of ether oxygens (including phenoxy) is 2. The van der Waals surface area contributed by atoms with Crippen LogP contribution in [0.15, 0.2) is 18.2 Å². The van der Waals surface area contributed by atoms with Crippen molar-refractivity contribution in [1.82, 2.24) is 4.90 Å². The molecule has 0 aromatic heterocycles. The monoisotopic (exact) mass is 292 g/mol. The normalized spacial score (nSPS) is 22.0. The fourth-order valence-electron chi connectivity index (χ4n) is 3.00. The van der Waals surface area contributed by atoms with E-state index in [4.69, 9.17) is 15.2 Å². The van der Waals surface area contributed by atoms with Crippen molar-refractivity contribution in [3.8, 4) is 11.5 Å². The summed E-state index contributed by atoms with van der Waals surface area (Å²) in [7, 11) is 3.15. The molecule has 5 nitrogen and oxygen atoms in total. The number of rotatable bonds is 4. The second-order valence-electron chi connectivity index (χ2n) is 5.45. The van der Waals surface area contributed by atoms with E-state index in [1.807, 2.05) is 4.90 Å². The Morgan fingerprint density at radius 2 is 2.00 bits per heavy atom. The molecule has 0 aliphatic carbocycles. The number of amides is 1. The number of carbonyl (C=O) groups is 1. The second kappa shape index (κ2) is 6.80. The zero-order valence-corrected chi connectivity index (χ0v) is 13.0. The minimum atomic E-state index is 0.0126. The Balaban J connectivity index is 2.29. The van der Waals surface area contributed by atoms with Gasteiger partial charge in [0, 0.05) is 24.2 Å². The van der Waals surface area contributed by atoms with Crippen molar-refractivity contribution in [3.63, 3.8) is 0 Å². The minimum Gasteiger partial charge on any atom is -0.493 e. The molecule has 1 aromatic carbocycles. The van der Waals surface area contributed by atoms with Crippen molar-refractivity contribution in [2.45, 2.75) is 38.3 Å². The molecule has 5 heteroatoms. The summed E-state index contributed by atoms with van der Waals surface area (Å²) in [6, 6.07) is 5.61. The summed E-state index contributed by atoms with van der Waals surface area (Å²) in [6.07, 6.45) is 3.12. The van der Waals surface area contributed by atoms with Gasteiger partial charge in [-0.1, -0.05) is 0 Å². The summed E-state index contributed by atoms with van der Waals surface area (Å²) in [6.45, 7) is 2.59. The smallest absolute Gasteiger partial charge is 0.254 e. The second-order valence-corrected chi connectivity index (χ2v) is 5.45. The molecule has 116 valence electrons. The highest BCUT2D eigenvalue weighted by Crippen LogP contribution is 2.30. The molecular weight excluding hydrogens is 268 g/mol. The van der Waals surface area contributed by atoms with Crippen LogP contribution < -0.4 is 15.2 Å². The molecule has 2 unspecified atom stereocenters. The van der Waals surface area contributed by atoms with Gasteiger partial charge < -0.3 is 20.1 Å². The Bertz CT molecular complexity index is 504. The third-order valence-electron chi connectivity index (χ3n) is 4.16. The lowest BCUT2D eigenvalue weighted by Crippen LogP contribution is -2.51. The molecule has 2 N–H and O–H groups in total. The average molecular weight is 292 g/mol. The molecule has 1 saturated heterocycles. The van der Waals surface area contributed by atoms with Gasteiger partial charge in [0.1, 0.15) is 0 Å². The fraction of sp³-hybridized carbons (Fsp3) is 0.562. The van der Waals surface area contributed by atoms with Gasteiger partial charge in [-0.3, -0.25) is 4.79 Å². The SMILES string of the molecule is COc1ccc(C(=O)N2C(C)CCCC2CN)cc1OC. The number of likely N-dealkylation sites (tertiary alicyclic amines) is 1. The molecule has 2 rings (SSSR count). The third-order valence-corrected chi connectivity index (χ3v) is 4.16. The first-order valence-corrected chi connectivity index (χ1v) is 7.37. The number of piperidine rings is 1. The molecule has 0 radical (unpaired) electrons. The van der Waals surface area contributed by atoms with Gasteiger partial charge >= 0.3 is 0 Å². The zero-order valence-electron chi connectivity index (χ0n) is 13.0. The highest BCUT2D eigenvalue weighted by molar-refractivity contribution is 5.95. The van der Waals surface area contributed by atoms with Crippen molar-refractivity contribution in [3.05, 3.63) is 23.8 Å². The largest absolute Gasteiger partial charge is 0.493 e. The van der Waals surface area contributed by atoms with Crippen LogP contribution in [0, 0.1) is 0 Å². The van der Waals surface area contributed by atoms with Gasteiger partial charge in [-0.05, 0) is 44.4 Å². The molecule has 1 heterocycles. The van der Waals surface area contributed by atoms with Crippen LogP contribution in [0.2, 0.25) is 0 Å². The topological polar surface area (TPSA) is 64.8 Å². The van der Waals surface area contributed by atoms with E-state index in [1.54, 1.807) is 32.4 Å². The van der Waals surface area contributed by atoms with Gasteiger partial charge in [0.2, 0.25) is 0 Å². The van der Waals surface area contributed by atoms with E-state index < -0.39 is 0 Å². The molecule has 0 saturated carbocycles. The van der Waals surface area contributed by atoms with Gasteiger partial charge in [-0.15, -0.1) is 0 Å². The van der Waals surface area contributed by atoms with Crippen molar-refractivity contribution in [1.29, 1.82) is 0 Å². The third kappa shape index (κ3) is 3.13. The van der Waals surface area contributed by atoms with Crippen LogP contribution in [0.5, 0.6) is 11.5 Å². The maximum Gasteiger partial charge on any atom is 0.254 e. The maximum absolute atomic E-state index is 12.8. The molecule has 1 aliphatic rings. The molecular formula is C16H24N2O3. The van der Waals surface area contributed by atoms with Crippen molar-refractivity contribution >= 4 is 5.91 Å². The standard InChI is InChI=1S/C16H24N2O3/c1-11-5-4-6-13(10-17)18(11)16(19)12-7-8-14(20-2)15(9-12)21-3/h7-9,11,13H,4-6,10,17H2,1-3H3. The van der Waals surface area contributed by atoms with Crippen LogP contribution in [0.4, 0.5) is 0 Å². The average Bonchev–Trinajstić information content (AvgIpc) is 2.53. The van der Waals surface area contributed by atoms with Crippen LogP contribution in [0.1, 0.15) is 36.5 Å². The van der Waals surface area contributed by atoms with E-state index in [0.29, 0.717) is 23.6 Å². The number of carbonyl (C=O) groups excluding carboxylic acids is 1. The molecule has 1 aromatic rings. The number of nitrogens with two attached hydrogens (primary N) is 1. The van der Waals surface area contributed by atoms with Crippen molar-refractivity contribution < 1.29 is 14.3 Å². The first kappa shape index (κ1) is 15.6. The summed E-state index contributed by atoms with van der Waals surface area (Å²) in [5, 5.41) is 0. The van der Waals surface area contributed by atoms with Crippen molar-refractivity contribution in [2.24, 2.45) is 5.73 Å². The molecule has 0 bridgehead atoms. The summed E-state index contributed by atoms with van der Waals surface area (Å²) < 4.78 is 10.5. The van der Waals surface area contributed by atoms with E-state index in [-0.39, 0.29) is 18.0 Å². The summed E-state index contributed by atoms with van der Waals surface area (Å²) in [4.78, 5) is 14.7. The molecule has 1 amide bonds. The zero-order chi connectivity index (χ0) is 15.4. The highest BCUT2D eigenvalue weighted by atomic mass is 16.5. The predicted molar refractivity (Wildman–Crippen MR) is 81.9 cm³/mol. The molecule has 2 atom stereocenters. The summed E-state index contributed by atoms with van der Waals surface area (Å²) in [5.74, 6) is 1.20. The van der Waals surface area contributed by atoms with Gasteiger partial charge in [0.15, 0.2) is 11.5 Å². The number of nitrogens with zero attached hydrogens (tertiary/aromatic N) is 1. The quantitative estimate of drug-likeness (QED) is 0.922. The van der Waals surface area contributed by atoms with Crippen LogP contribution in [0.25, 0.3) is 0 Å². The van der Waals surface area contributed by atoms with E-state index in [9.17, 15) is 4.79 Å². The maximum atomic E-state index is 12.8. The first-order valence-electron chi connectivity index (χ1n) is 7.37. The minimum absolute atomic E-state index is 0.0126. The number of methoxy groups -OCH3 is 2. The molecule has 1 aliphatic heterocycles. The molecule has 0 spiro atoms.